The van der Waals surface area contributed by atoms with Crippen molar-refractivity contribution in [1.29, 1.82) is 0 Å². The number of hydrogen-bond donors (Lipinski definition) is 4. The van der Waals surface area contributed by atoms with Gasteiger partial charge in [-0.25, -0.2) is 9.59 Å². The van der Waals surface area contributed by atoms with Gasteiger partial charge in [0.2, 0.25) is 0 Å². The van der Waals surface area contributed by atoms with Crippen LogP contribution in [0.2, 0.25) is 0 Å². The van der Waals surface area contributed by atoms with Crippen LogP contribution in [0.25, 0.3) is 0 Å². The van der Waals surface area contributed by atoms with E-state index in [1.807, 2.05) is 0 Å². The third-order valence-electron chi connectivity index (χ3n) is 2.75. The molecule has 20 nitrogen and oxygen atoms in total. The molecule has 0 saturated heterocycles. The normalized spacial score (nSPS) is 13.3. The van der Waals surface area contributed by atoms with Crippen molar-refractivity contribution in [2.24, 2.45) is 0 Å². The van der Waals surface area contributed by atoms with Crippen LogP contribution in [-0.4, -0.2) is 95.0 Å². The molecule has 0 aromatic carbocycles. The van der Waals surface area contributed by atoms with Crippen molar-refractivity contribution in [3.8, 4) is 0 Å². The molecule has 4 atom stereocenters. The van der Waals surface area contributed by atoms with Gasteiger partial charge < -0.3 is 59.3 Å². The smallest absolute Gasteiger partial charge is 0.550 e. The first kappa shape index (κ1) is 51.3. The maximum absolute atomic E-state index is 10.5. The van der Waals surface area contributed by atoms with Crippen LogP contribution in [0, 0.1) is 0 Å². The first-order valence-corrected chi connectivity index (χ1v) is 10.6. The summed E-state index contributed by atoms with van der Waals surface area (Å²) < 4.78 is 66.6. The zero-order valence-corrected chi connectivity index (χ0v) is 29.5. The summed E-state index contributed by atoms with van der Waals surface area (Å²) in [5, 5.41) is 57.5. The van der Waals surface area contributed by atoms with Crippen molar-refractivity contribution in [3.63, 3.8) is 0 Å². The number of rotatable bonds is 14. The number of carbonyl (C=O) groups excluding carboxylic acids is 4. The predicted octanol–water partition coefficient (Wildman–Crippen LogP) is -20.9. The molecule has 0 aromatic heterocycles. The van der Waals surface area contributed by atoms with Gasteiger partial charge in [-0.3, -0.25) is 9.11 Å². The van der Waals surface area contributed by atoms with E-state index in [1.54, 1.807) is 0 Å². The molecule has 4 unspecified atom stereocenters. The van der Waals surface area contributed by atoms with Gasteiger partial charge in [0.05, 0.1) is 11.9 Å². The van der Waals surface area contributed by atoms with Crippen LogP contribution < -0.4 is 139 Å². The molecule has 0 aliphatic carbocycles. The molecule has 0 bridgehead atoms. The molecule has 0 spiro atoms. The molecule has 38 heavy (non-hydrogen) atoms. The first-order chi connectivity index (χ1) is 15.1. The number of aliphatic carboxylic acids is 6. The standard InChI is InChI=1S/2C6H8O10S.4Na/c2*7-3(8)1-2(4(9)10)16-6(5(11)12)17(13,14)15;;;;/h2*2,6H,1H2,(H,7,8)(H,9,10)(H,11,12)(H,13,14,15);;;;/q;;4*+1/p-4. The van der Waals surface area contributed by atoms with E-state index in [-0.39, 0.29) is 118 Å². The number of carbonyl (C=O) groups is 6. The van der Waals surface area contributed by atoms with Crippen LogP contribution in [-0.2, 0) is 58.5 Å². The second-order valence-electron chi connectivity index (χ2n) is 5.41. The van der Waals surface area contributed by atoms with E-state index < -0.39 is 92.0 Å². The Balaban J connectivity index is -0.000000122. The van der Waals surface area contributed by atoms with Crippen molar-refractivity contribution < 1.29 is 213 Å². The summed E-state index contributed by atoms with van der Waals surface area (Å²) >= 11 is 0. The number of ether oxygens (including phenoxy) is 2. The quantitative estimate of drug-likeness (QED) is 0.102. The van der Waals surface area contributed by atoms with E-state index in [1.165, 1.54) is 0 Å². The average molecular weight is 632 g/mol. The Morgan fingerprint density at radius 2 is 0.789 bits per heavy atom. The van der Waals surface area contributed by atoms with Gasteiger partial charge in [-0.15, -0.1) is 0 Å². The Morgan fingerprint density at radius 1 is 0.579 bits per heavy atom. The number of carboxylic acids is 6. The minimum atomic E-state index is -5.25. The minimum Gasteiger partial charge on any atom is -0.550 e. The zero-order valence-electron chi connectivity index (χ0n) is 19.9. The average Bonchev–Trinajstić information content (AvgIpc) is 2.58. The van der Waals surface area contributed by atoms with Gasteiger partial charge in [-0.1, -0.05) is 0 Å². The topological polar surface area (TPSA) is 362 Å². The Bertz CT molecular complexity index is 945. The van der Waals surface area contributed by atoms with Gasteiger partial charge in [0.1, 0.15) is 12.2 Å². The molecule has 0 amide bonds. The third kappa shape index (κ3) is 23.3. The molecular weight excluding hydrogens is 620 g/mol. The Kier molecular flexibility index (Phi) is 31.3. The molecule has 26 heteroatoms. The first-order valence-electron chi connectivity index (χ1n) is 7.61. The predicted molar refractivity (Wildman–Crippen MR) is 85.0 cm³/mol. The second-order valence-corrected chi connectivity index (χ2v) is 8.33. The molecule has 0 saturated carbocycles. The van der Waals surface area contributed by atoms with E-state index in [0.717, 1.165) is 0 Å². The molecule has 0 heterocycles. The van der Waals surface area contributed by atoms with Gasteiger partial charge in [0.25, 0.3) is 10.9 Å². The Hall–Kier alpha value is 0.560. The summed E-state index contributed by atoms with van der Waals surface area (Å²) in [5.74, 6) is -12.6. The molecule has 4 N–H and O–H groups in total. The van der Waals surface area contributed by atoms with Gasteiger partial charge in [0, 0.05) is 24.8 Å². The molecule has 0 rings (SSSR count). The Labute approximate surface area is 301 Å². The van der Waals surface area contributed by atoms with E-state index in [4.69, 9.17) is 19.3 Å². The summed E-state index contributed by atoms with van der Waals surface area (Å²) in [7, 11) is -10.5. The third-order valence-corrected chi connectivity index (χ3v) is 4.46. The molecule has 0 aromatic rings. The summed E-state index contributed by atoms with van der Waals surface area (Å²) in [6.07, 6.45) is -7.44. The van der Waals surface area contributed by atoms with Crippen LogP contribution in [0.5, 0.6) is 0 Å². The molecule has 0 aliphatic heterocycles. The fraction of sp³-hybridized carbons (Fsp3) is 0.500. The molecule has 0 fully saturated rings. The van der Waals surface area contributed by atoms with Crippen LogP contribution in [0.1, 0.15) is 12.8 Å². The summed E-state index contributed by atoms with van der Waals surface area (Å²) in [6, 6.07) is 0. The van der Waals surface area contributed by atoms with E-state index in [9.17, 15) is 66.0 Å². The van der Waals surface area contributed by atoms with Gasteiger partial charge in [-0.05, 0) is 0 Å². The van der Waals surface area contributed by atoms with Crippen LogP contribution >= 0.6 is 0 Å². The Morgan fingerprint density at radius 3 is 0.895 bits per heavy atom. The van der Waals surface area contributed by atoms with Crippen molar-refractivity contribution in [1.82, 2.24) is 0 Å². The van der Waals surface area contributed by atoms with Gasteiger partial charge in [-0.2, -0.15) is 16.8 Å². The van der Waals surface area contributed by atoms with Crippen LogP contribution in [0.15, 0.2) is 0 Å². The number of carboxylic acid groups (broad SMARTS) is 6. The number of hydrogen-bond acceptors (Lipinski definition) is 16. The fourth-order valence-electron chi connectivity index (χ4n) is 1.49. The maximum atomic E-state index is 10.5. The SMILES string of the molecule is O=C([O-])CC(OC(C(=O)O)S(=O)(=O)O)C(=O)[O-].O=C([O-])CC(OC(C(=O)O)S(=O)(=O)O)C(=O)[O-].[Na+].[Na+].[Na+].[Na+]. The van der Waals surface area contributed by atoms with Crippen LogP contribution in [0.4, 0.5) is 0 Å². The van der Waals surface area contributed by atoms with E-state index >= 15 is 0 Å². The molecular formula is C12H12Na4O20S2. The molecule has 0 radical (unpaired) electrons. The van der Waals surface area contributed by atoms with Crippen molar-refractivity contribution in [2.75, 3.05) is 0 Å². The maximum Gasteiger partial charge on any atom is 1.00 e. The minimum absolute atomic E-state index is 0. The van der Waals surface area contributed by atoms with Crippen LogP contribution in [0.3, 0.4) is 0 Å². The van der Waals surface area contributed by atoms with Gasteiger partial charge >= 0.3 is 150 Å². The van der Waals surface area contributed by atoms with Crippen molar-refractivity contribution in [3.05, 3.63) is 0 Å². The zero-order chi connectivity index (χ0) is 27.6. The summed E-state index contributed by atoms with van der Waals surface area (Å²) in [4.78, 5) is 61.5. The van der Waals surface area contributed by atoms with Crippen molar-refractivity contribution >= 4 is 56.1 Å². The van der Waals surface area contributed by atoms with E-state index in [0.29, 0.717) is 0 Å². The van der Waals surface area contributed by atoms with Gasteiger partial charge in [0.15, 0.2) is 0 Å². The monoisotopic (exact) mass is 632 g/mol. The molecule has 0 aliphatic rings. The molecule has 196 valence electrons. The summed E-state index contributed by atoms with van der Waals surface area (Å²) in [6.45, 7) is 0. The largest absolute Gasteiger partial charge is 1.00 e. The second kappa shape index (κ2) is 23.2. The fourth-order valence-corrected chi connectivity index (χ4v) is 2.55. The summed E-state index contributed by atoms with van der Waals surface area (Å²) in [5.41, 5.74) is -5.85. The van der Waals surface area contributed by atoms with E-state index in [2.05, 4.69) is 9.47 Å². The van der Waals surface area contributed by atoms with Crippen molar-refractivity contribution in [2.45, 2.75) is 35.9 Å².